The second-order valence-electron chi connectivity index (χ2n) is 5.03. The fourth-order valence-electron chi connectivity index (χ4n) is 2.44. The lowest BCUT2D eigenvalue weighted by atomic mass is 9.97. The Bertz CT molecular complexity index is 624. The zero-order valence-corrected chi connectivity index (χ0v) is 12.1. The molecule has 0 amide bonds. The summed E-state index contributed by atoms with van der Waals surface area (Å²) in [5.74, 6) is 0.394. The highest BCUT2D eigenvalue weighted by molar-refractivity contribution is 5.84. The van der Waals surface area contributed by atoms with Crippen LogP contribution in [0.2, 0.25) is 0 Å². The summed E-state index contributed by atoms with van der Waals surface area (Å²) in [4.78, 5) is 13.7. The van der Waals surface area contributed by atoms with Crippen LogP contribution in [-0.2, 0) is 0 Å². The molecule has 2 aromatic rings. The Hall–Kier alpha value is -1.77. The van der Waals surface area contributed by atoms with E-state index in [-0.39, 0.29) is 5.63 Å². The Morgan fingerprint density at radius 3 is 2.42 bits per heavy atom. The molecule has 0 fully saturated rings. The van der Waals surface area contributed by atoms with Gasteiger partial charge in [0, 0.05) is 36.3 Å². The van der Waals surface area contributed by atoms with E-state index in [9.17, 15) is 4.79 Å². The van der Waals surface area contributed by atoms with Crippen LogP contribution in [-0.4, -0.2) is 13.1 Å². The Kier molecular flexibility index (Phi) is 3.93. The maximum atomic E-state index is 11.4. The van der Waals surface area contributed by atoms with Crippen molar-refractivity contribution in [1.29, 1.82) is 0 Å². The highest BCUT2D eigenvalue weighted by atomic mass is 16.4. The summed E-state index contributed by atoms with van der Waals surface area (Å²) in [5, 5.41) is 1.03. The fourth-order valence-corrected chi connectivity index (χ4v) is 2.44. The fraction of sp³-hybridized carbons (Fsp3) is 0.438. The van der Waals surface area contributed by atoms with E-state index in [2.05, 4.69) is 38.7 Å². The largest absolute Gasteiger partial charge is 0.423 e. The maximum absolute atomic E-state index is 11.4. The summed E-state index contributed by atoms with van der Waals surface area (Å²) in [5.41, 5.74) is 2.73. The van der Waals surface area contributed by atoms with Crippen molar-refractivity contribution in [1.82, 2.24) is 0 Å². The Morgan fingerprint density at radius 1 is 1.16 bits per heavy atom. The lowest BCUT2D eigenvalue weighted by molar-refractivity contribution is 0.560. The van der Waals surface area contributed by atoms with Gasteiger partial charge in [-0.15, -0.1) is 0 Å². The van der Waals surface area contributed by atoms with Gasteiger partial charge in [0.2, 0.25) is 0 Å². The van der Waals surface area contributed by atoms with Crippen LogP contribution in [0.15, 0.2) is 33.5 Å². The molecule has 0 aliphatic heterocycles. The predicted molar refractivity (Wildman–Crippen MR) is 80.1 cm³/mol. The van der Waals surface area contributed by atoms with Gasteiger partial charge >= 0.3 is 5.63 Å². The molecule has 19 heavy (non-hydrogen) atoms. The summed E-state index contributed by atoms with van der Waals surface area (Å²) in [6, 6.07) is 7.53. The van der Waals surface area contributed by atoms with Crippen molar-refractivity contribution < 1.29 is 4.42 Å². The lowest BCUT2D eigenvalue weighted by Crippen LogP contribution is -2.22. The molecule has 1 heterocycles. The van der Waals surface area contributed by atoms with Gasteiger partial charge in [0.1, 0.15) is 5.58 Å². The Balaban J connectivity index is 2.71. The molecule has 0 N–H and O–H groups in total. The van der Waals surface area contributed by atoms with Crippen LogP contribution >= 0.6 is 0 Å². The van der Waals surface area contributed by atoms with Crippen molar-refractivity contribution in [2.75, 3.05) is 18.0 Å². The number of hydrogen-bond donors (Lipinski definition) is 0. The molecule has 0 aliphatic carbocycles. The third-order valence-corrected chi connectivity index (χ3v) is 3.51. The number of fused-ring (bicyclic) bond motifs is 1. The van der Waals surface area contributed by atoms with E-state index in [0.29, 0.717) is 11.5 Å². The first-order valence-corrected chi connectivity index (χ1v) is 6.89. The van der Waals surface area contributed by atoms with Crippen molar-refractivity contribution >= 4 is 16.7 Å². The highest BCUT2D eigenvalue weighted by Crippen LogP contribution is 2.30. The van der Waals surface area contributed by atoms with Gasteiger partial charge in [0.25, 0.3) is 0 Å². The first-order chi connectivity index (χ1) is 9.06. The highest BCUT2D eigenvalue weighted by Gasteiger charge is 2.12. The minimum Gasteiger partial charge on any atom is -0.423 e. The second-order valence-corrected chi connectivity index (χ2v) is 5.03. The van der Waals surface area contributed by atoms with Crippen molar-refractivity contribution in [2.45, 2.75) is 33.6 Å². The summed E-state index contributed by atoms with van der Waals surface area (Å²) in [7, 11) is 0. The molecule has 3 nitrogen and oxygen atoms in total. The molecule has 1 aromatic heterocycles. The van der Waals surface area contributed by atoms with E-state index < -0.39 is 0 Å². The molecular weight excluding hydrogens is 238 g/mol. The molecule has 3 heteroatoms. The Morgan fingerprint density at radius 2 is 1.84 bits per heavy atom. The van der Waals surface area contributed by atoms with Crippen LogP contribution in [0.25, 0.3) is 11.0 Å². The third kappa shape index (κ3) is 2.65. The SMILES string of the molecule is CCN(CC)c1cc(C(C)C)c2ccc(=O)oc2c1. The van der Waals surface area contributed by atoms with Gasteiger partial charge in [0.05, 0.1) is 0 Å². The third-order valence-electron chi connectivity index (χ3n) is 3.51. The van der Waals surface area contributed by atoms with Gasteiger partial charge in [-0.25, -0.2) is 4.79 Å². The number of nitrogens with zero attached hydrogens (tertiary/aromatic N) is 1. The second kappa shape index (κ2) is 5.47. The van der Waals surface area contributed by atoms with Crippen molar-refractivity contribution in [3.8, 4) is 0 Å². The molecule has 0 spiro atoms. The van der Waals surface area contributed by atoms with Crippen LogP contribution in [0.4, 0.5) is 5.69 Å². The van der Waals surface area contributed by atoms with E-state index in [1.165, 1.54) is 11.6 Å². The molecule has 0 atom stereocenters. The van der Waals surface area contributed by atoms with E-state index >= 15 is 0 Å². The van der Waals surface area contributed by atoms with Crippen LogP contribution in [0.5, 0.6) is 0 Å². The van der Waals surface area contributed by atoms with Gasteiger partial charge in [-0.1, -0.05) is 13.8 Å². The topological polar surface area (TPSA) is 33.5 Å². The molecule has 0 radical (unpaired) electrons. The molecule has 2 rings (SSSR count). The zero-order valence-electron chi connectivity index (χ0n) is 12.1. The van der Waals surface area contributed by atoms with Crippen LogP contribution in [0.3, 0.4) is 0 Å². The summed E-state index contributed by atoms with van der Waals surface area (Å²) in [6.07, 6.45) is 0. The predicted octanol–water partition coefficient (Wildman–Crippen LogP) is 3.76. The molecule has 0 aliphatic rings. The number of hydrogen-bond acceptors (Lipinski definition) is 3. The molecule has 0 saturated carbocycles. The lowest BCUT2D eigenvalue weighted by Gasteiger charge is -2.23. The number of benzene rings is 1. The summed E-state index contributed by atoms with van der Waals surface area (Å²) in [6.45, 7) is 10.5. The van der Waals surface area contributed by atoms with Crippen molar-refractivity contribution in [3.63, 3.8) is 0 Å². The van der Waals surface area contributed by atoms with Gasteiger partial charge in [0.15, 0.2) is 0 Å². The zero-order chi connectivity index (χ0) is 14.0. The van der Waals surface area contributed by atoms with Gasteiger partial charge in [-0.05, 0) is 37.5 Å². The monoisotopic (exact) mass is 259 g/mol. The molecule has 102 valence electrons. The molecule has 0 saturated heterocycles. The average molecular weight is 259 g/mol. The van der Waals surface area contributed by atoms with Gasteiger partial charge in [-0.2, -0.15) is 0 Å². The standard InChI is InChI=1S/C16H21NO2/c1-5-17(6-2)12-9-14(11(3)4)13-7-8-16(18)19-15(13)10-12/h7-11H,5-6H2,1-4H3. The van der Waals surface area contributed by atoms with E-state index in [4.69, 9.17) is 4.42 Å². The van der Waals surface area contributed by atoms with E-state index in [1.807, 2.05) is 12.1 Å². The normalized spacial score (nSPS) is 11.2. The van der Waals surface area contributed by atoms with E-state index in [0.717, 1.165) is 24.2 Å². The minimum absolute atomic E-state index is 0.293. The minimum atomic E-state index is -0.293. The van der Waals surface area contributed by atoms with Crippen LogP contribution < -0.4 is 10.5 Å². The smallest absolute Gasteiger partial charge is 0.336 e. The molecule has 1 aromatic carbocycles. The quantitative estimate of drug-likeness (QED) is 0.784. The molecule has 0 bridgehead atoms. The first-order valence-electron chi connectivity index (χ1n) is 6.89. The van der Waals surface area contributed by atoms with Crippen LogP contribution in [0.1, 0.15) is 39.2 Å². The average Bonchev–Trinajstić information content (AvgIpc) is 2.38. The molecule has 0 unspecified atom stereocenters. The van der Waals surface area contributed by atoms with Gasteiger partial charge in [-0.3, -0.25) is 0 Å². The first kappa shape index (κ1) is 13.7. The van der Waals surface area contributed by atoms with E-state index in [1.54, 1.807) is 0 Å². The number of anilines is 1. The maximum Gasteiger partial charge on any atom is 0.336 e. The van der Waals surface area contributed by atoms with Crippen molar-refractivity contribution in [3.05, 3.63) is 40.2 Å². The summed E-state index contributed by atoms with van der Waals surface area (Å²) >= 11 is 0. The van der Waals surface area contributed by atoms with Gasteiger partial charge < -0.3 is 9.32 Å². The number of rotatable bonds is 4. The summed E-state index contributed by atoms with van der Waals surface area (Å²) < 4.78 is 5.35. The molecular formula is C16H21NO2. The van der Waals surface area contributed by atoms with Crippen molar-refractivity contribution in [2.24, 2.45) is 0 Å². The van der Waals surface area contributed by atoms with Crippen LogP contribution in [0, 0.1) is 0 Å². The Labute approximate surface area is 113 Å².